The van der Waals surface area contributed by atoms with Gasteiger partial charge in [0.2, 0.25) is 0 Å². The van der Waals surface area contributed by atoms with Gasteiger partial charge < -0.3 is 19.7 Å². The number of carbonyl (C=O) groups is 1. The molecule has 0 radical (unpaired) electrons. The highest BCUT2D eigenvalue weighted by molar-refractivity contribution is 5.67. The zero-order valence-corrected chi connectivity index (χ0v) is 11.4. The molecule has 4 atom stereocenters. The van der Waals surface area contributed by atoms with Crippen LogP contribution in [-0.2, 0) is 20.9 Å². The largest absolute Gasteiger partial charge is 0.481 e. The summed E-state index contributed by atoms with van der Waals surface area (Å²) in [7, 11) is 0. The molecule has 0 amide bonds. The Kier molecular flexibility index (Phi) is 5.11. The molecule has 110 valence electrons. The van der Waals surface area contributed by atoms with E-state index in [1.54, 1.807) is 0 Å². The third-order valence-corrected chi connectivity index (χ3v) is 3.54. The first-order valence-electron chi connectivity index (χ1n) is 6.77. The Labute approximate surface area is 118 Å². The van der Waals surface area contributed by atoms with E-state index in [2.05, 4.69) is 0 Å². The van der Waals surface area contributed by atoms with Crippen LogP contribution in [0.25, 0.3) is 0 Å². The SMILES string of the molecule is C[C@H](OCc1ccccc1)[C@H]1OC(O)C[C@@H]1CC(=O)O. The van der Waals surface area contributed by atoms with Gasteiger partial charge in [0.05, 0.1) is 25.2 Å². The van der Waals surface area contributed by atoms with Crippen LogP contribution in [0.1, 0.15) is 25.3 Å². The van der Waals surface area contributed by atoms with Gasteiger partial charge >= 0.3 is 5.97 Å². The molecule has 0 aliphatic carbocycles. The molecular formula is C15H20O5. The monoisotopic (exact) mass is 280 g/mol. The van der Waals surface area contributed by atoms with Crippen molar-refractivity contribution in [3.05, 3.63) is 35.9 Å². The Morgan fingerprint density at radius 3 is 2.80 bits per heavy atom. The zero-order chi connectivity index (χ0) is 14.5. The molecule has 1 fully saturated rings. The number of benzene rings is 1. The third kappa shape index (κ3) is 4.03. The van der Waals surface area contributed by atoms with Crippen LogP contribution in [0.4, 0.5) is 0 Å². The van der Waals surface area contributed by atoms with Crippen molar-refractivity contribution in [2.75, 3.05) is 0 Å². The van der Waals surface area contributed by atoms with E-state index in [1.165, 1.54) is 0 Å². The molecule has 1 aliphatic heterocycles. The van der Waals surface area contributed by atoms with E-state index in [9.17, 15) is 9.90 Å². The van der Waals surface area contributed by atoms with Gasteiger partial charge in [0.15, 0.2) is 6.29 Å². The summed E-state index contributed by atoms with van der Waals surface area (Å²) in [5.74, 6) is -1.10. The number of aliphatic hydroxyl groups is 1. The van der Waals surface area contributed by atoms with Gasteiger partial charge in [-0.2, -0.15) is 0 Å². The van der Waals surface area contributed by atoms with Crippen LogP contribution in [-0.4, -0.2) is 34.7 Å². The van der Waals surface area contributed by atoms with Gasteiger partial charge in [-0.1, -0.05) is 30.3 Å². The first-order chi connectivity index (χ1) is 9.56. The van der Waals surface area contributed by atoms with Crippen molar-refractivity contribution in [3.63, 3.8) is 0 Å². The molecule has 1 unspecified atom stereocenters. The number of carboxylic acids is 1. The van der Waals surface area contributed by atoms with E-state index in [4.69, 9.17) is 14.6 Å². The lowest BCUT2D eigenvalue weighted by atomic mass is 9.94. The fraction of sp³-hybridized carbons (Fsp3) is 0.533. The van der Waals surface area contributed by atoms with Crippen LogP contribution in [0.2, 0.25) is 0 Å². The van der Waals surface area contributed by atoms with E-state index in [-0.39, 0.29) is 24.5 Å². The summed E-state index contributed by atoms with van der Waals surface area (Å²) in [6, 6.07) is 9.74. The van der Waals surface area contributed by atoms with Gasteiger partial charge in [0.1, 0.15) is 0 Å². The highest BCUT2D eigenvalue weighted by Crippen LogP contribution is 2.31. The number of aliphatic hydroxyl groups excluding tert-OH is 1. The van der Waals surface area contributed by atoms with Crippen LogP contribution >= 0.6 is 0 Å². The number of carboxylic acid groups (broad SMARTS) is 1. The van der Waals surface area contributed by atoms with Crippen molar-refractivity contribution in [2.24, 2.45) is 5.92 Å². The maximum atomic E-state index is 10.8. The van der Waals surface area contributed by atoms with Gasteiger partial charge in [-0.25, -0.2) is 0 Å². The molecule has 1 heterocycles. The fourth-order valence-electron chi connectivity index (χ4n) is 2.56. The van der Waals surface area contributed by atoms with Crippen molar-refractivity contribution >= 4 is 5.97 Å². The predicted molar refractivity (Wildman–Crippen MR) is 71.9 cm³/mol. The summed E-state index contributed by atoms with van der Waals surface area (Å²) >= 11 is 0. The maximum Gasteiger partial charge on any atom is 0.303 e. The third-order valence-electron chi connectivity index (χ3n) is 3.54. The van der Waals surface area contributed by atoms with Crippen LogP contribution in [0.15, 0.2) is 30.3 Å². The maximum absolute atomic E-state index is 10.8. The summed E-state index contributed by atoms with van der Waals surface area (Å²) in [6.07, 6.45) is -1.22. The molecule has 2 N–H and O–H groups in total. The Morgan fingerprint density at radius 2 is 2.15 bits per heavy atom. The van der Waals surface area contributed by atoms with Gasteiger partial charge in [0, 0.05) is 12.3 Å². The summed E-state index contributed by atoms with van der Waals surface area (Å²) in [4.78, 5) is 10.8. The molecule has 1 aromatic carbocycles. The summed E-state index contributed by atoms with van der Waals surface area (Å²) in [5, 5.41) is 18.4. The number of aliphatic carboxylic acids is 1. The summed E-state index contributed by atoms with van der Waals surface area (Å²) in [6.45, 7) is 2.29. The molecule has 5 nitrogen and oxygen atoms in total. The molecule has 0 bridgehead atoms. The number of rotatable bonds is 6. The summed E-state index contributed by atoms with van der Waals surface area (Å²) < 4.78 is 11.1. The second-order valence-electron chi connectivity index (χ2n) is 5.15. The zero-order valence-electron chi connectivity index (χ0n) is 11.4. The average molecular weight is 280 g/mol. The first-order valence-corrected chi connectivity index (χ1v) is 6.77. The minimum atomic E-state index is -0.896. The van der Waals surface area contributed by atoms with Gasteiger partial charge in [-0.3, -0.25) is 4.79 Å². The first kappa shape index (κ1) is 15.0. The van der Waals surface area contributed by atoms with E-state index in [0.29, 0.717) is 13.0 Å². The van der Waals surface area contributed by atoms with Crippen LogP contribution in [0.5, 0.6) is 0 Å². The summed E-state index contributed by atoms with van der Waals surface area (Å²) in [5.41, 5.74) is 1.05. The van der Waals surface area contributed by atoms with Crippen molar-refractivity contribution in [2.45, 2.75) is 44.9 Å². The molecule has 5 heteroatoms. The van der Waals surface area contributed by atoms with Gasteiger partial charge in [0.25, 0.3) is 0 Å². The Hall–Kier alpha value is -1.43. The molecule has 0 spiro atoms. The predicted octanol–water partition coefficient (Wildman–Crippen LogP) is 1.79. The van der Waals surface area contributed by atoms with Crippen molar-refractivity contribution in [3.8, 4) is 0 Å². The van der Waals surface area contributed by atoms with Crippen LogP contribution < -0.4 is 0 Å². The lowest BCUT2D eigenvalue weighted by molar-refractivity contribution is -0.145. The van der Waals surface area contributed by atoms with Crippen molar-refractivity contribution in [1.29, 1.82) is 0 Å². The van der Waals surface area contributed by atoms with Gasteiger partial charge in [-0.15, -0.1) is 0 Å². The molecule has 2 rings (SSSR count). The van der Waals surface area contributed by atoms with E-state index < -0.39 is 12.3 Å². The van der Waals surface area contributed by atoms with E-state index in [0.717, 1.165) is 5.56 Å². The molecular weight excluding hydrogens is 260 g/mol. The Morgan fingerprint density at radius 1 is 1.45 bits per heavy atom. The minimum absolute atomic E-state index is 0.0131. The van der Waals surface area contributed by atoms with Gasteiger partial charge in [-0.05, 0) is 12.5 Å². The lowest BCUT2D eigenvalue weighted by Gasteiger charge is -2.24. The molecule has 1 aliphatic rings. The number of hydrogen-bond acceptors (Lipinski definition) is 4. The normalized spacial score (nSPS) is 27.4. The average Bonchev–Trinajstić information content (AvgIpc) is 2.77. The number of ether oxygens (including phenoxy) is 2. The standard InChI is InChI=1S/C15H20O5/c1-10(19-9-11-5-3-2-4-6-11)15-12(7-13(16)17)8-14(18)20-15/h2-6,10,12,14-15,18H,7-9H2,1H3,(H,16,17)/t10-,12-,14?,15+/m0/s1. The molecule has 20 heavy (non-hydrogen) atoms. The number of hydrogen-bond donors (Lipinski definition) is 2. The van der Waals surface area contributed by atoms with E-state index in [1.807, 2.05) is 37.3 Å². The molecule has 0 saturated carbocycles. The highest BCUT2D eigenvalue weighted by atomic mass is 16.6. The molecule has 0 aromatic heterocycles. The fourth-order valence-corrected chi connectivity index (χ4v) is 2.56. The van der Waals surface area contributed by atoms with Crippen LogP contribution in [0.3, 0.4) is 0 Å². The van der Waals surface area contributed by atoms with E-state index >= 15 is 0 Å². The second kappa shape index (κ2) is 6.83. The molecule has 1 saturated heterocycles. The molecule has 1 aromatic rings. The second-order valence-corrected chi connectivity index (χ2v) is 5.15. The van der Waals surface area contributed by atoms with Crippen molar-refractivity contribution in [1.82, 2.24) is 0 Å². The topological polar surface area (TPSA) is 76.0 Å². The Balaban J connectivity index is 1.90. The lowest BCUT2D eigenvalue weighted by Crippen LogP contribution is -2.32. The minimum Gasteiger partial charge on any atom is -0.481 e. The van der Waals surface area contributed by atoms with Crippen LogP contribution in [0, 0.1) is 5.92 Å². The highest BCUT2D eigenvalue weighted by Gasteiger charge is 2.39. The van der Waals surface area contributed by atoms with Crippen molar-refractivity contribution < 1.29 is 24.5 Å². The quantitative estimate of drug-likeness (QED) is 0.831. The Bertz CT molecular complexity index is 433. The smallest absolute Gasteiger partial charge is 0.303 e.